The van der Waals surface area contributed by atoms with Gasteiger partial charge in [0.25, 0.3) is 0 Å². The summed E-state index contributed by atoms with van der Waals surface area (Å²) in [5, 5.41) is -0.415. The zero-order valence-electron chi connectivity index (χ0n) is 9.07. The molecule has 2 atom stereocenters. The summed E-state index contributed by atoms with van der Waals surface area (Å²) < 4.78 is 22.3. The van der Waals surface area contributed by atoms with Gasteiger partial charge in [0.1, 0.15) is 0 Å². The predicted molar refractivity (Wildman–Crippen MR) is 53.5 cm³/mol. The molecule has 1 aliphatic rings. The molecule has 1 rings (SSSR count). The highest BCUT2D eigenvalue weighted by atomic mass is 31.2. The maximum Gasteiger partial charge on any atom is 0.308 e. The lowest BCUT2D eigenvalue weighted by Gasteiger charge is -2.29. The highest BCUT2D eigenvalue weighted by Crippen LogP contribution is 2.56. The molecule has 0 radical (unpaired) electrons. The first-order valence-corrected chi connectivity index (χ1v) is 6.75. The molecule has 0 aliphatic carbocycles. The number of hydrogen-bond donors (Lipinski definition) is 0. The topological polar surface area (TPSA) is 52.6 Å². The Hall–Kier alpha value is -0.340. The van der Waals surface area contributed by atoms with Crippen LogP contribution in [-0.4, -0.2) is 24.1 Å². The Labute approximate surface area is 84.4 Å². The van der Waals surface area contributed by atoms with Crippen LogP contribution in [0.3, 0.4) is 0 Å². The van der Waals surface area contributed by atoms with Crippen molar-refractivity contribution < 1.29 is 18.6 Å². The largest absolute Gasteiger partial charge is 0.435 e. The van der Waals surface area contributed by atoms with Crippen molar-refractivity contribution in [1.82, 2.24) is 0 Å². The molecule has 0 saturated carbocycles. The molecular weight excluding hydrogens is 203 g/mol. The van der Waals surface area contributed by atoms with E-state index < -0.39 is 18.8 Å². The van der Waals surface area contributed by atoms with Crippen molar-refractivity contribution in [2.75, 3.05) is 6.66 Å². The van der Waals surface area contributed by atoms with Crippen molar-refractivity contribution in [3.8, 4) is 0 Å². The lowest BCUT2D eigenvalue weighted by molar-refractivity contribution is -0.150. The molecule has 0 aromatic carbocycles. The van der Waals surface area contributed by atoms with Gasteiger partial charge in [-0.05, 0) is 0 Å². The van der Waals surface area contributed by atoms with Crippen molar-refractivity contribution in [2.45, 2.75) is 45.1 Å². The Kier molecular flexibility index (Phi) is 3.07. The average Bonchev–Trinajstić information content (AvgIpc) is 2.31. The van der Waals surface area contributed by atoms with Crippen molar-refractivity contribution in [1.29, 1.82) is 0 Å². The number of rotatable bonds is 2. The third-order valence-corrected chi connectivity index (χ3v) is 5.46. The maximum absolute atomic E-state index is 12.1. The molecule has 2 unspecified atom stereocenters. The number of esters is 1. The van der Waals surface area contributed by atoms with Gasteiger partial charge in [0.05, 0.1) is 6.42 Å². The van der Waals surface area contributed by atoms with Gasteiger partial charge >= 0.3 is 5.97 Å². The summed E-state index contributed by atoms with van der Waals surface area (Å²) in [6.45, 7) is 7.14. The van der Waals surface area contributed by atoms with Gasteiger partial charge in [-0.1, -0.05) is 20.8 Å². The Bertz CT molecular complexity index is 279. The molecule has 5 heteroatoms. The minimum Gasteiger partial charge on any atom is -0.435 e. The van der Waals surface area contributed by atoms with E-state index in [0.29, 0.717) is 12.8 Å². The van der Waals surface area contributed by atoms with E-state index in [4.69, 9.17) is 9.26 Å². The Morgan fingerprint density at radius 3 is 2.43 bits per heavy atom. The van der Waals surface area contributed by atoms with Gasteiger partial charge in [0.15, 0.2) is 0 Å². The van der Waals surface area contributed by atoms with E-state index in [1.807, 2.05) is 20.8 Å². The molecule has 0 bridgehead atoms. The lowest BCUT2D eigenvalue weighted by atomic mass is 10.3. The molecule has 0 spiro atoms. The number of carbonyl (C=O) groups is 1. The van der Waals surface area contributed by atoms with E-state index in [2.05, 4.69) is 0 Å². The highest BCUT2D eigenvalue weighted by Gasteiger charge is 2.38. The number of hydrogen-bond acceptors (Lipinski definition) is 4. The van der Waals surface area contributed by atoms with Crippen LogP contribution in [0.2, 0.25) is 0 Å². The number of carbonyl (C=O) groups excluding carboxylic acids is 1. The standard InChI is InChI=1S/C9H17O4P/c1-9(2,3)14(4,11)13-8-6-5-7(10)12-8/h8H,5-6H2,1-4H3. The first kappa shape index (κ1) is 11.7. The van der Waals surface area contributed by atoms with Crippen LogP contribution in [0.1, 0.15) is 33.6 Å². The first-order valence-electron chi connectivity index (χ1n) is 4.68. The maximum atomic E-state index is 12.1. The van der Waals surface area contributed by atoms with E-state index in [0.717, 1.165) is 0 Å². The monoisotopic (exact) mass is 220 g/mol. The normalized spacial score (nSPS) is 27.1. The van der Waals surface area contributed by atoms with Gasteiger partial charge in [-0.25, -0.2) is 0 Å². The Morgan fingerprint density at radius 1 is 1.50 bits per heavy atom. The third-order valence-electron chi connectivity index (χ3n) is 2.38. The van der Waals surface area contributed by atoms with Crippen LogP contribution in [0.25, 0.3) is 0 Å². The zero-order valence-corrected chi connectivity index (χ0v) is 9.97. The van der Waals surface area contributed by atoms with E-state index in [9.17, 15) is 9.36 Å². The van der Waals surface area contributed by atoms with Crippen molar-refractivity contribution >= 4 is 13.3 Å². The molecule has 1 fully saturated rings. The van der Waals surface area contributed by atoms with Crippen molar-refractivity contribution in [3.63, 3.8) is 0 Å². The summed E-state index contributed by atoms with van der Waals surface area (Å²) in [5.41, 5.74) is 0. The molecule has 82 valence electrons. The van der Waals surface area contributed by atoms with Crippen molar-refractivity contribution in [3.05, 3.63) is 0 Å². The van der Waals surface area contributed by atoms with Crippen LogP contribution in [0, 0.1) is 0 Å². The summed E-state index contributed by atoms with van der Waals surface area (Å²) >= 11 is 0. The fourth-order valence-corrected chi connectivity index (χ4v) is 1.87. The van der Waals surface area contributed by atoms with E-state index >= 15 is 0 Å². The molecule has 1 heterocycles. The van der Waals surface area contributed by atoms with Crippen molar-refractivity contribution in [2.24, 2.45) is 0 Å². The summed E-state index contributed by atoms with van der Waals surface area (Å²) in [4.78, 5) is 10.8. The molecule has 0 N–H and O–H groups in total. The summed E-state index contributed by atoms with van der Waals surface area (Å²) in [6.07, 6.45) is 0.249. The molecule has 1 aliphatic heterocycles. The minimum absolute atomic E-state index is 0.274. The van der Waals surface area contributed by atoms with Crippen LogP contribution in [0.4, 0.5) is 0 Å². The van der Waals surface area contributed by atoms with Gasteiger partial charge in [-0.2, -0.15) is 0 Å². The van der Waals surface area contributed by atoms with Crippen LogP contribution in [-0.2, 0) is 18.6 Å². The third kappa shape index (κ3) is 2.58. The lowest BCUT2D eigenvalue weighted by Crippen LogP contribution is -2.20. The minimum atomic E-state index is -2.73. The molecule has 0 aromatic heterocycles. The predicted octanol–water partition coefficient (Wildman–Crippen LogP) is 2.37. The smallest absolute Gasteiger partial charge is 0.308 e. The van der Waals surface area contributed by atoms with Gasteiger partial charge in [0.2, 0.25) is 13.7 Å². The molecule has 0 aromatic rings. The van der Waals surface area contributed by atoms with Gasteiger partial charge < -0.3 is 4.74 Å². The zero-order chi connectivity index (χ0) is 11.0. The summed E-state index contributed by atoms with van der Waals surface area (Å²) in [5.74, 6) is -0.274. The van der Waals surface area contributed by atoms with Crippen LogP contribution >= 0.6 is 7.37 Å². The molecule has 14 heavy (non-hydrogen) atoms. The molecule has 1 saturated heterocycles. The van der Waals surface area contributed by atoms with Gasteiger partial charge in [-0.3, -0.25) is 13.9 Å². The summed E-state index contributed by atoms with van der Waals surface area (Å²) in [7, 11) is -2.73. The van der Waals surface area contributed by atoms with Crippen LogP contribution < -0.4 is 0 Å². The van der Waals surface area contributed by atoms with Crippen LogP contribution in [0.15, 0.2) is 0 Å². The van der Waals surface area contributed by atoms with Crippen LogP contribution in [0.5, 0.6) is 0 Å². The average molecular weight is 220 g/mol. The number of ether oxygens (including phenoxy) is 1. The fourth-order valence-electron chi connectivity index (χ4n) is 0.957. The second kappa shape index (κ2) is 3.67. The summed E-state index contributed by atoms with van der Waals surface area (Å²) in [6, 6.07) is 0. The fraction of sp³-hybridized carbons (Fsp3) is 0.889. The van der Waals surface area contributed by atoms with E-state index in [1.165, 1.54) is 0 Å². The van der Waals surface area contributed by atoms with E-state index in [-0.39, 0.29) is 5.97 Å². The Balaban J connectivity index is 2.60. The molecule has 4 nitrogen and oxygen atoms in total. The molecule has 0 amide bonds. The Morgan fingerprint density at radius 2 is 2.07 bits per heavy atom. The van der Waals surface area contributed by atoms with Gasteiger partial charge in [0, 0.05) is 18.2 Å². The number of cyclic esters (lactones) is 1. The second-order valence-corrected chi connectivity index (χ2v) is 7.82. The second-order valence-electron chi connectivity index (χ2n) is 4.58. The SMILES string of the molecule is CC(C)(C)P(C)(=O)OC1CCC(=O)O1. The van der Waals surface area contributed by atoms with E-state index in [1.54, 1.807) is 6.66 Å². The first-order chi connectivity index (χ1) is 6.22. The quantitative estimate of drug-likeness (QED) is 0.529. The molecular formula is C9H17O4P. The van der Waals surface area contributed by atoms with Gasteiger partial charge in [-0.15, -0.1) is 0 Å². The highest BCUT2D eigenvalue weighted by molar-refractivity contribution is 7.59.